The Kier molecular flexibility index (Phi) is 7.36. The zero-order valence-electron chi connectivity index (χ0n) is 20.7. The Balaban J connectivity index is 1.12. The topological polar surface area (TPSA) is 87.3 Å². The average molecular weight is 535 g/mol. The fourth-order valence-corrected chi connectivity index (χ4v) is 4.53. The number of carbonyl (C=O) groups excluding carboxylic acids is 2. The number of halogens is 3. The lowest BCUT2D eigenvalue weighted by atomic mass is 9.89. The van der Waals surface area contributed by atoms with Gasteiger partial charge in [0.15, 0.2) is 0 Å². The quantitative estimate of drug-likeness (QED) is 0.296. The van der Waals surface area contributed by atoms with Crippen LogP contribution in [0.15, 0.2) is 85.3 Å². The van der Waals surface area contributed by atoms with Gasteiger partial charge in [0.2, 0.25) is 0 Å². The number of ether oxygens (including phenoxy) is 1. The minimum Gasteiger partial charge on any atom is -0.457 e. The van der Waals surface area contributed by atoms with Crippen LogP contribution in [0, 0.1) is 0 Å². The number of alkyl halides is 3. The normalized spacial score (nSPS) is 14.2. The molecule has 3 aromatic carbocycles. The number of imidazole rings is 1. The molecule has 200 valence electrons. The Hall–Kier alpha value is -4.60. The minimum absolute atomic E-state index is 0.0774. The standard InChI is InChI=1S/C29H25F3N4O3/c30-29(31,32)22-5-11-25(12-6-22)39-24-9-3-21(4-10-24)28(38)36-15-13-20(14-16-36)19-1-7-23(8-2-19)35-27(37)26-17-33-18-34-26/h1-12,17-18,20H,13-16H2,(H,33,34)(H,35,37). The molecule has 7 nitrogen and oxygen atoms in total. The van der Waals surface area contributed by atoms with E-state index in [1.807, 2.05) is 29.2 Å². The molecule has 0 spiro atoms. The van der Waals surface area contributed by atoms with Crippen LogP contribution in [0.2, 0.25) is 0 Å². The van der Waals surface area contributed by atoms with E-state index in [9.17, 15) is 22.8 Å². The lowest BCUT2D eigenvalue weighted by Crippen LogP contribution is -2.37. The molecule has 1 aliphatic rings. The summed E-state index contributed by atoms with van der Waals surface area (Å²) in [6.07, 6.45) is 0.150. The number of benzene rings is 3. The molecule has 0 unspecified atom stereocenters. The number of hydrogen-bond acceptors (Lipinski definition) is 4. The summed E-state index contributed by atoms with van der Waals surface area (Å²) in [6.45, 7) is 1.23. The molecule has 1 aliphatic heterocycles. The van der Waals surface area contributed by atoms with E-state index in [1.54, 1.807) is 24.3 Å². The van der Waals surface area contributed by atoms with Crippen molar-refractivity contribution in [2.24, 2.45) is 0 Å². The predicted octanol–water partition coefficient (Wildman–Crippen LogP) is 6.49. The van der Waals surface area contributed by atoms with Gasteiger partial charge in [0.05, 0.1) is 18.1 Å². The number of carbonyl (C=O) groups is 2. The summed E-state index contributed by atoms with van der Waals surface area (Å²) in [6, 6.07) is 18.8. The van der Waals surface area contributed by atoms with Crippen molar-refractivity contribution in [1.29, 1.82) is 0 Å². The largest absolute Gasteiger partial charge is 0.457 e. The number of hydrogen-bond donors (Lipinski definition) is 2. The molecule has 2 N–H and O–H groups in total. The second-order valence-corrected chi connectivity index (χ2v) is 9.26. The number of anilines is 1. The van der Waals surface area contributed by atoms with E-state index in [0.29, 0.717) is 41.7 Å². The monoisotopic (exact) mass is 534 g/mol. The van der Waals surface area contributed by atoms with E-state index in [4.69, 9.17) is 4.74 Å². The molecule has 0 aliphatic carbocycles. The van der Waals surface area contributed by atoms with Crippen molar-refractivity contribution >= 4 is 17.5 Å². The second-order valence-electron chi connectivity index (χ2n) is 9.26. The number of aromatic amines is 1. The smallest absolute Gasteiger partial charge is 0.416 e. The molecule has 0 radical (unpaired) electrons. The molecule has 39 heavy (non-hydrogen) atoms. The van der Waals surface area contributed by atoms with Crippen molar-refractivity contribution in [3.63, 3.8) is 0 Å². The van der Waals surface area contributed by atoms with Gasteiger partial charge in [0, 0.05) is 24.3 Å². The van der Waals surface area contributed by atoms with Gasteiger partial charge in [0.1, 0.15) is 17.2 Å². The Labute approximate surface area is 222 Å². The Morgan fingerprint density at radius 1 is 0.897 bits per heavy atom. The summed E-state index contributed by atoms with van der Waals surface area (Å²) in [5.74, 6) is 0.676. The molecular weight excluding hydrogens is 509 g/mol. The molecular formula is C29H25F3N4O3. The molecule has 2 heterocycles. The van der Waals surface area contributed by atoms with Gasteiger partial charge in [-0.15, -0.1) is 0 Å². The summed E-state index contributed by atoms with van der Waals surface area (Å²) in [5, 5.41) is 2.83. The van der Waals surface area contributed by atoms with Crippen LogP contribution in [0.5, 0.6) is 11.5 Å². The number of aromatic nitrogens is 2. The lowest BCUT2D eigenvalue weighted by Gasteiger charge is -2.32. The minimum atomic E-state index is -4.40. The molecule has 2 amide bonds. The maximum atomic E-state index is 13.0. The van der Waals surface area contributed by atoms with Crippen molar-refractivity contribution < 1.29 is 27.5 Å². The second kappa shape index (κ2) is 11.0. The highest BCUT2D eigenvalue weighted by Gasteiger charge is 2.30. The number of rotatable bonds is 6. The first-order valence-electron chi connectivity index (χ1n) is 12.4. The van der Waals surface area contributed by atoms with E-state index >= 15 is 0 Å². The summed E-state index contributed by atoms with van der Waals surface area (Å²) in [4.78, 5) is 33.6. The molecule has 0 atom stereocenters. The molecule has 10 heteroatoms. The van der Waals surface area contributed by atoms with E-state index in [-0.39, 0.29) is 17.6 Å². The Morgan fingerprint density at radius 3 is 2.08 bits per heavy atom. The Morgan fingerprint density at radius 2 is 1.51 bits per heavy atom. The molecule has 1 fully saturated rings. The van der Waals surface area contributed by atoms with Gasteiger partial charge in [-0.1, -0.05) is 12.1 Å². The van der Waals surface area contributed by atoms with Crippen LogP contribution >= 0.6 is 0 Å². The van der Waals surface area contributed by atoms with E-state index < -0.39 is 11.7 Å². The predicted molar refractivity (Wildman–Crippen MR) is 139 cm³/mol. The third kappa shape index (κ3) is 6.28. The highest BCUT2D eigenvalue weighted by molar-refractivity contribution is 6.02. The first-order valence-corrected chi connectivity index (χ1v) is 12.4. The maximum absolute atomic E-state index is 13.0. The van der Waals surface area contributed by atoms with Gasteiger partial charge in [-0.05, 0) is 85.0 Å². The number of nitrogens with zero attached hydrogens (tertiary/aromatic N) is 2. The van der Waals surface area contributed by atoms with Crippen LogP contribution in [0.3, 0.4) is 0 Å². The number of amides is 2. The first kappa shape index (κ1) is 26.0. The summed E-state index contributed by atoms with van der Waals surface area (Å²) < 4.78 is 43.8. The van der Waals surface area contributed by atoms with Gasteiger partial charge in [-0.25, -0.2) is 4.98 Å². The van der Waals surface area contributed by atoms with Gasteiger partial charge < -0.3 is 19.9 Å². The molecule has 1 aromatic heterocycles. The van der Waals surface area contributed by atoms with Crippen molar-refractivity contribution in [3.8, 4) is 11.5 Å². The van der Waals surface area contributed by atoms with Crippen LogP contribution in [-0.2, 0) is 6.18 Å². The third-order valence-electron chi connectivity index (χ3n) is 6.68. The van der Waals surface area contributed by atoms with Crippen molar-refractivity contribution in [1.82, 2.24) is 14.9 Å². The van der Waals surface area contributed by atoms with Gasteiger partial charge in [-0.2, -0.15) is 13.2 Å². The summed E-state index contributed by atoms with van der Waals surface area (Å²) >= 11 is 0. The molecule has 1 saturated heterocycles. The van der Waals surface area contributed by atoms with Crippen molar-refractivity contribution in [2.75, 3.05) is 18.4 Å². The Bertz CT molecular complexity index is 1410. The van der Waals surface area contributed by atoms with E-state index in [1.165, 1.54) is 24.7 Å². The maximum Gasteiger partial charge on any atom is 0.416 e. The van der Waals surface area contributed by atoms with E-state index in [0.717, 1.165) is 30.5 Å². The zero-order chi connectivity index (χ0) is 27.4. The van der Waals surface area contributed by atoms with Crippen LogP contribution in [0.4, 0.5) is 18.9 Å². The number of piperidine rings is 1. The lowest BCUT2D eigenvalue weighted by molar-refractivity contribution is -0.137. The SMILES string of the molecule is O=C(Nc1ccc(C2CCN(C(=O)c3ccc(Oc4ccc(C(F)(F)F)cc4)cc3)CC2)cc1)c1cnc[nH]1. The van der Waals surface area contributed by atoms with Crippen LogP contribution < -0.4 is 10.1 Å². The number of likely N-dealkylation sites (tertiary alicyclic amines) is 1. The molecule has 0 saturated carbocycles. The molecule has 0 bridgehead atoms. The summed E-state index contributed by atoms with van der Waals surface area (Å²) in [7, 11) is 0. The highest BCUT2D eigenvalue weighted by atomic mass is 19.4. The highest BCUT2D eigenvalue weighted by Crippen LogP contribution is 2.32. The first-order chi connectivity index (χ1) is 18.8. The van der Waals surface area contributed by atoms with Crippen molar-refractivity contribution in [3.05, 3.63) is 108 Å². The molecule has 4 aromatic rings. The van der Waals surface area contributed by atoms with Crippen molar-refractivity contribution in [2.45, 2.75) is 24.9 Å². The number of nitrogens with one attached hydrogen (secondary N) is 2. The third-order valence-corrected chi connectivity index (χ3v) is 6.68. The van der Waals surface area contributed by atoms with Crippen LogP contribution in [0.1, 0.15) is 50.7 Å². The van der Waals surface area contributed by atoms with Gasteiger partial charge in [0.25, 0.3) is 11.8 Å². The van der Waals surface area contributed by atoms with Gasteiger partial charge in [-0.3, -0.25) is 9.59 Å². The fraction of sp³-hybridized carbons (Fsp3) is 0.207. The zero-order valence-corrected chi connectivity index (χ0v) is 20.7. The molecule has 5 rings (SSSR count). The van der Waals surface area contributed by atoms with E-state index in [2.05, 4.69) is 15.3 Å². The number of H-pyrrole nitrogens is 1. The van der Waals surface area contributed by atoms with Gasteiger partial charge >= 0.3 is 6.18 Å². The fourth-order valence-electron chi connectivity index (χ4n) is 4.53. The summed E-state index contributed by atoms with van der Waals surface area (Å²) in [5.41, 5.74) is 2.01. The van der Waals surface area contributed by atoms with Crippen LogP contribution in [0.25, 0.3) is 0 Å². The van der Waals surface area contributed by atoms with Crippen LogP contribution in [-0.4, -0.2) is 39.8 Å². The average Bonchev–Trinajstić information content (AvgIpc) is 3.49.